The van der Waals surface area contributed by atoms with Gasteiger partial charge in [0.2, 0.25) is 0 Å². The predicted molar refractivity (Wildman–Crippen MR) is 71.5 cm³/mol. The summed E-state index contributed by atoms with van der Waals surface area (Å²) in [4.78, 5) is 10.9. The van der Waals surface area contributed by atoms with Crippen molar-refractivity contribution in [2.24, 2.45) is 5.92 Å². The molecule has 0 fully saturated rings. The van der Waals surface area contributed by atoms with Gasteiger partial charge in [0.15, 0.2) is 0 Å². The highest BCUT2D eigenvalue weighted by atomic mass is 16.5. The first-order valence-corrected chi connectivity index (χ1v) is 6.71. The zero-order valence-electron chi connectivity index (χ0n) is 12.0. The summed E-state index contributed by atoms with van der Waals surface area (Å²) in [7, 11) is 0. The van der Waals surface area contributed by atoms with Crippen molar-refractivity contribution in [3.63, 3.8) is 0 Å². The molecule has 2 aliphatic rings. The molecule has 1 aliphatic carbocycles. The molecule has 3 unspecified atom stereocenters. The molecule has 2 rings (SSSR count). The Balaban J connectivity index is 2.31. The van der Waals surface area contributed by atoms with Crippen LogP contribution >= 0.6 is 0 Å². The second kappa shape index (κ2) is 4.37. The molecule has 0 aromatic rings. The number of carboxylic acid groups (broad SMARTS) is 1. The number of aliphatic carboxylic acids is 1. The third-order valence-electron chi connectivity index (χ3n) is 4.63. The molecule has 0 saturated carbocycles. The average molecular weight is 266 g/mol. The molecular weight excluding hydrogens is 244 g/mol. The van der Waals surface area contributed by atoms with Crippen molar-refractivity contribution < 1.29 is 19.7 Å². The number of allylic oxidation sites excluding steroid dienone is 1. The quantitative estimate of drug-likeness (QED) is 0.806. The largest absolute Gasteiger partial charge is 0.487 e. The van der Waals surface area contributed by atoms with E-state index in [9.17, 15) is 9.90 Å². The fourth-order valence-electron chi connectivity index (χ4n) is 2.92. The molecule has 0 bridgehead atoms. The average Bonchev–Trinajstić information content (AvgIpc) is 2.25. The van der Waals surface area contributed by atoms with E-state index in [1.54, 1.807) is 0 Å². The third kappa shape index (κ3) is 2.41. The van der Waals surface area contributed by atoms with Gasteiger partial charge < -0.3 is 14.9 Å². The van der Waals surface area contributed by atoms with E-state index in [-0.39, 0.29) is 12.3 Å². The van der Waals surface area contributed by atoms with E-state index in [2.05, 4.69) is 0 Å². The van der Waals surface area contributed by atoms with Crippen molar-refractivity contribution in [2.45, 2.75) is 58.2 Å². The van der Waals surface area contributed by atoms with Gasteiger partial charge in [-0.15, -0.1) is 0 Å². The van der Waals surface area contributed by atoms with Crippen molar-refractivity contribution in [1.82, 2.24) is 0 Å². The minimum atomic E-state index is -0.845. The van der Waals surface area contributed by atoms with E-state index in [1.807, 2.05) is 33.8 Å². The van der Waals surface area contributed by atoms with E-state index >= 15 is 0 Å². The van der Waals surface area contributed by atoms with Crippen LogP contribution in [-0.2, 0) is 9.53 Å². The number of hydrogen-bond acceptors (Lipinski definition) is 3. The van der Waals surface area contributed by atoms with Crippen LogP contribution in [0.3, 0.4) is 0 Å². The number of aliphatic hydroxyl groups is 1. The maximum atomic E-state index is 10.9. The lowest BCUT2D eigenvalue weighted by molar-refractivity contribution is -0.143. The molecule has 0 aromatic carbocycles. The Morgan fingerprint density at radius 3 is 2.74 bits per heavy atom. The molecular formula is C15H22O4. The normalized spacial score (nSPS) is 38.4. The fraction of sp³-hybridized carbons (Fsp3) is 0.667. The number of rotatable bonds is 2. The maximum absolute atomic E-state index is 10.9. The van der Waals surface area contributed by atoms with Crippen LogP contribution in [0.25, 0.3) is 0 Å². The van der Waals surface area contributed by atoms with Crippen molar-refractivity contribution in [3.8, 4) is 0 Å². The van der Waals surface area contributed by atoms with Crippen LogP contribution < -0.4 is 0 Å². The van der Waals surface area contributed by atoms with Gasteiger partial charge in [-0.3, -0.25) is 4.79 Å². The van der Waals surface area contributed by atoms with Gasteiger partial charge in [0.25, 0.3) is 0 Å². The molecule has 19 heavy (non-hydrogen) atoms. The van der Waals surface area contributed by atoms with Gasteiger partial charge in [-0.2, -0.15) is 0 Å². The van der Waals surface area contributed by atoms with Crippen molar-refractivity contribution in [3.05, 3.63) is 23.0 Å². The Bertz CT molecular complexity index is 473. The van der Waals surface area contributed by atoms with Crippen molar-refractivity contribution >= 4 is 5.97 Å². The molecule has 1 heterocycles. The second-order valence-corrected chi connectivity index (χ2v) is 6.21. The van der Waals surface area contributed by atoms with Crippen LogP contribution in [-0.4, -0.2) is 27.4 Å². The summed E-state index contributed by atoms with van der Waals surface area (Å²) in [5, 5.41) is 19.4. The molecule has 106 valence electrons. The lowest BCUT2D eigenvalue weighted by Crippen LogP contribution is -2.42. The Morgan fingerprint density at radius 1 is 1.53 bits per heavy atom. The van der Waals surface area contributed by atoms with E-state index in [1.165, 1.54) is 0 Å². The Morgan fingerprint density at radius 2 is 2.16 bits per heavy atom. The minimum Gasteiger partial charge on any atom is -0.487 e. The first kappa shape index (κ1) is 14.1. The summed E-state index contributed by atoms with van der Waals surface area (Å²) in [5.41, 5.74) is 0.462. The lowest BCUT2D eigenvalue weighted by atomic mass is 9.72. The van der Waals surface area contributed by atoms with E-state index < -0.39 is 17.2 Å². The lowest BCUT2D eigenvalue weighted by Gasteiger charge is -2.43. The first-order valence-electron chi connectivity index (χ1n) is 6.71. The molecule has 0 radical (unpaired) electrons. The van der Waals surface area contributed by atoms with Gasteiger partial charge in [0.1, 0.15) is 11.4 Å². The molecule has 4 heteroatoms. The zero-order valence-corrected chi connectivity index (χ0v) is 12.0. The Hall–Kier alpha value is -1.29. The Labute approximate surface area is 113 Å². The number of hydrogen-bond donors (Lipinski definition) is 2. The van der Waals surface area contributed by atoms with Gasteiger partial charge in [-0.1, -0.05) is 6.92 Å². The van der Waals surface area contributed by atoms with Crippen LogP contribution in [0.5, 0.6) is 0 Å². The molecule has 0 saturated heterocycles. The highest BCUT2D eigenvalue weighted by molar-refractivity contribution is 5.68. The topological polar surface area (TPSA) is 66.8 Å². The molecule has 0 spiro atoms. The van der Waals surface area contributed by atoms with Crippen LogP contribution in [0.15, 0.2) is 23.0 Å². The van der Waals surface area contributed by atoms with E-state index in [0.717, 1.165) is 23.3 Å². The predicted octanol–water partition coefficient (Wildman–Crippen LogP) is 2.63. The molecule has 3 atom stereocenters. The summed E-state index contributed by atoms with van der Waals surface area (Å²) in [6, 6.07) is 0. The summed E-state index contributed by atoms with van der Waals surface area (Å²) in [5.74, 6) is -0.0866. The molecule has 1 aliphatic heterocycles. The first-order chi connectivity index (χ1) is 8.66. The maximum Gasteiger partial charge on any atom is 0.307 e. The number of carboxylic acids is 1. The number of ether oxygens (including phenoxy) is 1. The summed E-state index contributed by atoms with van der Waals surface area (Å²) in [6.45, 7) is 7.53. The Kier molecular flexibility index (Phi) is 3.25. The number of carbonyl (C=O) groups is 1. The molecule has 0 amide bonds. The summed E-state index contributed by atoms with van der Waals surface area (Å²) < 4.78 is 5.93. The van der Waals surface area contributed by atoms with Crippen molar-refractivity contribution in [2.75, 3.05) is 0 Å². The summed E-state index contributed by atoms with van der Waals surface area (Å²) in [6.07, 6.45) is 3.31. The van der Waals surface area contributed by atoms with Gasteiger partial charge >= 0.3 is 5.97 Å². The highest BCUT2D eigenvalue weighted by Gasteiger charge is 2.43. The van der Waals surface area contributed by atoms with Crippen LogP contribution in [0, 0.1) is 5.92 Å². The molecule has 4 nitrogen and oxygen atoms in total. The van der Waals surface area contributed by atoms with Crippen LogP contribution in [0.1, 0.15) is 47.0 Å². The molecule has 2 N–H and O–H groups in total. The highest BCUT2D eigenvalue weighted by Crippen LogP contribution is 2.45. The van der Waals surface area contributed by atoms with Crippen LogP contribution in [0.4, 0.5) is 0 Å². The second-order valence-electron chi connectivity index (χ2n) is 6.21. The SMILES string of the molecule is CC1=CC2=C(CCC(C)(CC(=O)O)O2)C(C)C1(C)O. The van der Waals surface area contributed by atoms with Gasteiger partial charge in [0.05, 0.1) is 12.0 Å². The minimum absolute atomic E-state index is 0.00143. The van der Waals surface area contributed by atoms with Gasteiger partial charge in [-0.25, -0.2) is 0 Å². The van der Waals surface area contributed by atoms with E-state index in [0.29, 0.717) is 6.42 Å². The standard InChI is InChI=1S/C15H22O4/c1-9-7-12-11(10(2)15(9,4)18)5-6-14(3,19-12)8-13(16)17/h7,10,18H,5-6,8H2,1-4H3,(H,16,17). The molecule has 0 aromatic heterocycles. The third-order valence-corrected chi connectivity index (χ3v) is 4.63. The van der Waals surface area contributed by atoms with Gasteiger partial charge in [-0.05, 0) is 50.8 Å². The van der Waals surface area contributed by atoms with Crippen LogP contribution in [0.2, 0.25) is 0 Å². The van der Waals surface area contributed by atoms with Crippen molar-refractivity contribution in [1.29, 1.82) is 0 Å². The van der Waals surface area contributed by atoms with Gasteiger partial charge in [0, 0.05) is 5.92 Å². The fourth-order valence-corrected chi connectivity index (χ4v) is 2.92. The monoisotopic (exact) mass is 266 g/mol. The van der Waals surface area contributed by atoms with E-state index in [4.69, 9.17) is 9.84 Å². The summed E-state index contributed by atoms with van der Waals surface area (Å²) >= 11 is 0. The smallest absolute Gasteiger partial charge is 0.307 e. The zero-order chi connectivity index (χ0) is 14.4.